The van der Waals surface area contributed by atoms with Crippen LogP contribution < -0.4 is 4.90 Å². The summed E-state index contributed by atoms with van der Waals surface area (Å²) in [4.78, 5) is 31.6. The lowest BCUT2D eigenvalue weighted by molar-refractivity contribution is 0.0331. The summed E-state index contributed by atoms with van der Waals surface area (Å²) < 4.78 is 6.28. The minimum absolute atomic E-state index is 0.263. The van der Waals surface area contributed by atoms with Gasteiger partial charge in [-0.25, -0.2) is 19.5 Å². The molecule has 1 atom stereocenters. The van der Waals surface area contributed by atoms with Crippen LogP contribution in [0.1, 0.15) is 10.4 Å². The van der Waals surface area contributed by atoms with Crippen LogP contribution in [0.5, 0.6) is 0 Å². The van der Waals surface area contributed by atoms with E-state index in [1.165, 1.54) is 21.1 Å². The fourth-order valence-corrected chi connectivity index (χ4v) is 3.47. The van der Waals surface area contributed by atoms with Crippen LogP contribution >= 0.6 is 38.9 Å². The highest BCUT2D eigenvalue weighted by Gasteiger charge is 2.40. The minimum atomic E-state index is -0.728. The fourth-order valence-electron chi connectivity index (χ4n) is 2.13. The van der Waals surface area contributed by atoms with Gasteiger partial charge in [-0.05, 0) is 40.2 Å². The number of halogens is 2. The molecule has 1 aromatic carbocycles. The summed E-state index contributed by atoms with van der Waals surface area (Å²) in [5, 5.41) is 1.01. The van der Waals surface area contributed by atoms with Crippen molar-refractivity contribution < 1.29 is 14.3 Å². The van der Waals surface area contributed by atoms with Crippen LogP contribution in [0.15, 0.2) is 34.2 Å². The van der Waals surface area contributed by atoms with Crippen LogP contribution in [0.25, 0.3) is 0 Å². The highest BCUT2D eigenvalue weighted by molar-refractivity contribution is 9.11. The number of rotatable bonds is 3. The highest BCUT2D eigenvalue weighted by atomic mass is 79.9. The van der Waals surface area contributed by atoms with E-state index < -0.39 is 12.2 Å². The lowest BCUT2D eigenvalue weighted by Gasteiger charge is -2.20. The topological polar surface area (TPSA) is 62.7 Å². The smallest absolute Gasteiger partial charge is 0.340 e. The molecule has 1 fully saturated rings. The van der Waals surface area contributed by atoms with Crippen molar-refractivity contribution in [2.75, 3.05) is 18.5 Å². The molecule has 0 saturated carbocycles. The van der Waals surface area contributed by atoms with E-state index in [1.54, 1.807) is 37.5 Å². The van der Waals surface area contributed by atoms with Crippen molar-refractivity contribution in [2.45, 2.75) is 6.23 Å². The quantitative estimate of drug-likeness (QED) is 0.717. The summed E-state index contributed by atoms with van der Waals surface area (Å²) in [5.41, 5.74) is 0.372. The number of hydrogen-bond acceptors (Lipinski definition) is 5. The van der Waals surface area contributed by atoms with Crippen molar-refractivity contribution in [3.63, 3.8) is 0 Å². The lowest BCUT2D eigenvalue weighted by atomic mass is 10.2. The molecule has 23 heavy (non-hydrogen) atoms. The maximum atomic E-state index is 12.3. The Labute approximate surface area is 149 Å². The van der Waals surface area contributed by atoms with Gasteiger partial charge in [-0.1, -0.05) is 22.9 Å². The maximum absolute atomic E-state index is 12.3. The molecule has 0 N–H and O–H groups in total. The van der Waals surface area contributed by atoms with Gasteiger partial charge in [-0.15, -0.1) is 0 Å². The molecule has 120 valence electrons. The number of ether oxygens (including phenoxy) is 1. The first-order valence-corrected chi connectivity index (χ1v) is 8.56. The van der Waals surface area contributed by atoms with Crippen molar-refractivity contribution in [1.82, 2.24) is 9.88 Å². The molecule has 1 aromatic heterocycles. The van der Waals surface area contributed by atoms with Crippen LogP contribution in [0.4, 0.5) is 9.93 Å². The maximum Gasteiger partial charge on any atom is 0.340 e. The molecule has 9 heteroatoms. The monoisotopic (exact) mass is 415 g/mol. The molecule has 2 heterocycles. The Morgan fingerprint density at radius 3 is 2.74 bits per heavy atom. The summed E-state index contributed by atoms with van der Waals surface area (Å²) in [6.07, 6.45) is 0.873. The second-order valence-electron chi connectivity index (χ2n) is 4.85. The van der Waals surface area contributed by atoms with E-state index in [0.717, 1.165) is 3.79 Å². The summed E-state index contributed by atoms with van der Waals surface area (Å²) in [5.74, 6) is -0.518. The molecule has 1 aliphatic rings. The Hall–Kier alpha value is -1.64. The van der Waals surface area contributed by atoms with Crippen molar-refractivity contribution in [3.8, 4) is 0 Å². The zero-order valence-corrected chi connectivity index (χ0v) is 15.1. The molecule has 0 bridgehead atoms. The predicted molar refractivity (Wildman–Crippen MR) is 91.0 cm³/mol. The molecule has 6 nitrogen and oxygen atoms in total. The molecular formula is C14H11BrClN3O3S. The first-order valence-electron chi connectivity index (χ1n) is 6.58. The van der Waals surface area contributed by atoms with Gasteiger partial charge < -0.3 is 9.64 Å². The standard InChI is InChI=1S/C14H11BrClN3O3S/c1-18-7-11(19(14(18)21)13-17-6-10(15)23-13)22-12(20)8-2-4-9(16)5-3-8/h2-6,11H,7H2,1H3. The van der Waals surface area contributed by atoms with E-state index >= 15 is 0 Å². The van der Waals surface area contributed by atoms with E-state index in [9.17, 15) is 9.59 Å². The molecule has 1 saturated heterocycles. The van der Waals surface area contributed by atoms with E-state index in [4.69, 9.17) is 16.3 Å². The average molecular weight is 417 g/mol. The molecule has 0 aliphatic carbocycles. The third kappa shape index (κ3) is 3.34. The number of thiazole rings is 1. The van der Waals surface area contributed by atoms with Gasteiger partial charge in [-0.2, -0.15) is 0 Å². The third-order valence-corrected chi connectivity index (χ3v) is 4.97. The Kier molecular flexibility index (Phi) is 4.56. The molecule has 0 spiro atoms. The Morgan fingerprint density at radius 2 is 2.13 bits per heavy atom. The Balaban J connectivity index is 1.81. The number of nitrogens with zero attached hydrogens (tertiary/aromatic N) is 3. The number of amides is 2. The number of carbonyl (C=O) groups excluding carboxylic acids is 2. The van der Waals surface area contributed by atoms with Gasteiger partial charge >= 0.3 is 12.0 Å². The predicted octanol–water partition coefficient (Wildman–Crippen LogP) is 3.61. The largest absolute Gasteiger partial charge is 0.435 e. The van der Waals surface area contributed by atoms with Crippen LogP contribution in [-0.2, 0) is 4.74 Å². The number of benzene rings is 1. The zero-order valence-electron chi connectivity index (χ0n) is 11.9. The summed E-state index contributed by atoms with van der Waals surface area (Å²) >= 11 is 10.4. The third-order valence-electron chi connectivity index (χ3n) is 3.25. The van der Waals surface area contributed by atoms with Crippen LogP contribution in [0.2, 0.25) is 5.02 Å². The van der Waals surface area contributed by atoms with Crippen molar-refractivity contribution in [3.05, 3.63) is 44.8 Å². The van der Waals surface area contributed by atoms with Gasteiger partial charge in [0.2, 0.25) is 6.23 Å². The second-order valence-corrected chi connectivity index (χ2v) is 7.67. The Bertz CT molecular complexity index is 752. The highest BCUT2D eigenvalue weighted by Crippen LogP contribution is 2.31. The van der Waals surface area contributed by atoms with Crippen LogP contribution in [0.3, 0.4) is 0 Å². The number of anilines is 1. The first-order chi connectivity index (χ1) is 11.0. The Morgan fingerprint density at radius 1 is 1.43 bits per heavy atom. The van der Waals surface area contributed by atoms with Gasteiger partial charge in [0.05, 0.1) is 22.1 Å². The summed E-state index contributed by atoms with van der Waals surface area (Å²) in [7, 11) is 1.65. The summed E-state index contributed by atoms with van der Waals surface area (Å²) in [6, 6.07) is 6.12. The number of esters is 1. The van der Waals surface area contributed by atoms with Crippen LogP contribution in [0, 0.1) is 0 Å². The average Bonchev–Trinajstić information content (AvgIpc) is 3.04. The number of urea groups is 1. The minimum Gasteiger partial charge on any atom is -0.435 e. The van der Waals surface area contributed by atoms with Gasteiger partial charge in [-0.3, -0.25) is 0 Å². The normalized spacial score (nSPS) is 17.7. The molecule has 2 aromatic rings. The number of aromatic nitrogens is 1. The fraction of sp³-hybridized carbons (Fsp3) is 0.214. The van der Waals surface area contributed by atoms with Crippen molar-refractivity contribution in [2.24, 2.45) is 0 Å². The molecule has 2 amide bonds. The van der Waals surface area contributed by atoms with Crippen LogP contribution in [-0.4, -0.2) is 41.7 Å². The SMILES string of the molecule is CN1CC(OC(=O)c2ccc(Cl)cc2)N(c2ncc(Br)s2)C1=O. The van der Waals surface area contributed by atoms with E-state index in [-0.39, 0.29) is 12.6 Å². The number of likely N-dealkylation sites (N-methyl/N-ethyl adjacent to an activating group) is 1. The van der Waals surface area contributed by atoms with Gasteiger partial charge in [0.1, 0.15) is 0 Å². The first kappa shape index (κ1) is 16.2. The molecular weight excluding hydrogens is 406 g/mol. The lowest BCUT2D eigenvalue weighted by Crippen LogP contribution is -2.37. The zero-order chi connectivity index (χ0) is 16.6. The number of carbonyl (C=O) groups is 2. The van der Waals surface area contributed by atoms with Gasteiger partial charge in [0, 0.05) is 12.1 Å². The van der Waals surface area contributed by atoms with E-state index in [1.807, 2.05) is 0 Å². The van der Waals surface area contributed by atoms with Crippen molar-refractivity contribution >= 4 is 56.0 Å². The molecule has 1 unspecified atom stereocenters. The van der Waals surface area contributed by atoms with Crippen molar-refractivity contribution in [1.29, 1.82) is 0 Å². The second kappa shape index (κ2) is 6.46. The van der Waals surface area contributed by atoms with Gasteiger partial charge in [0.15, 0.2) is 5.13 Å². The summed E-state index contributed by atoms with van der Waals surface area (Å²) in [6.45, 7) is 0.273. The molecule has 1 aliphatic heterocycles. The number of hydrogen-bond donors (Lipinski definition) is 0. The van der Waals surface area contributed by atoms with E-state index in [0.29, 0.717) is 15.7 Å². The molecule has 3 rings (SSSR count). The van der Waals surface area contributed by atoms with Gasteiger partial charge in [0.25, 0.3) is 0 Å². The molecule has 0 radical (unpaired) electrons. The van der Waals surface area contributed by atoms with E-state index in [2.05, 4.69) is 20.9 Å².